The molecule has 0 aliphatic rings. The number of ether oxygens (including phenoxy) is 1. The largest absolute Gasteiger partial charge is 0.457 e. The fourth-order valence-electron chi connectivity index (χ4n) is 3.54. The van der Waals surface area contributed by atoms with Crippen molar-refractivity contribution in [2.75, 3.05) is 27.1 Å². The van der Waals surface area contributed by atoms with Crippen molar-refractivity contribution >= 4 is 66.2 Å². The van der Waals surface area contributed by atoms with Gasteiger partial charge in [0, 0.05) is 5.69 Å². The van der Waals surface area contributed by atoms with Gasteiger partial charge in [0.1, 0.15) is 18.0 Å². The topological polar surface area (TPSA) is 122 Å². The molecule has 13 heteroatoms. The molecule has 0 unspecified atom stereocenters. The van der Waals surface area contributed by atoms with Crippen molar-refractivity contribution in [3.05, 3.63) is 107 Å². The first-order valence-electron chi connectivity index (χ1n) is 11.6. The summed E-state index contributed by atoms with van der Waals surface area (Å²) < 4.78 is 59.5. The zero-order valence-electron chi connectivity index (χ0n) is 20.9. The molecule has 4 aromatic carbocycles. The Labute approximate surface area is 242 Å². The zero-order chi connectivity index (χ0) is 28.9. The van der Waals surface area contributed by atoms with Crippen LogP contribution in [0.3, 0.4) is 0 Å². The molecule has 208 valence electrons. The number of sulfonamides is 2. The van der Waals surface area contributed by atoms with E-state index in [1.165, 1.54) is 48.5 Å². The zero-order valence-corrected chi connectivity index (χ0v) is 24.1. The number of hydrogen-bond acceptors (Lipinski definition) is 6. The van der Waals surface area contributed by atoms with Crippen LogP contribution in [0, 0.1) is 0 Å². The Kier molecular flexibility index (Phi) is 8.89. The lowest BCUT2D eigenvalue weighted by atomic mass is 10.3. The fourth-order valence-corrected chi connectivity index (χ4v) is 5.87. The summed E-state index contributed by atoms with van der Waals surface area (Å²) in [7, 11) is -7.81. The number of anilines is 3. The van der Waals surface area contributed by atoms with Crippen LogP contribution in [0.2, 0.25) is 10.0 Å². The standard InChI is InChI=1S/C27H23Cl2N3O6S2/c1-39(34,35)32(20-12-14-22(15-13-20)38-21-6-3-2-4-7-21)18-26(33)30-19-10-16-23(17-11-19)40(36,37)31-25-9-5-8-24(28)27(25)29/h2-17,31H,18H2,1H3,(H,30,33). The number of hydrogen-bond donors (Lipinski definition) is 2. The van der Waals surface area contributed by atoms with E-state index < -0.39 is 32.5 Å². The van der Waals surface area contributed by atoms with Crippen LogP contribution in [-0.2, 0) is 24.8 Å². The number of halogens is 2. The quantitative estimate of drug-likeness (QED) is 0.225. The van der Waals surface area contributed by atoms with E-state index >= 15 is 0 Å². The van der Waals surface area contributed by atoms with Crippen molar-refractivity contribution in [3.63, 3.8) is 0 Å². The summed E-state index contributed by atoms with van der Waals surface area (Å²) in [5, 5.41) is 2.83. The molecule has 0 saturated carbocycles. The molecule has 0 aliphatic carbocycles. The highest BCUT2D eigenvalue weighted by Gasteiger charge is 2.22. The highest BCUT2D eigenvalue weighted by Crippen LogP contribution is 2.31. The molecule has 0 fully saturated rings. The SMILES string of the molecule is CS(=O)(=O)N(CC(=O)Nc1ccc(S(=O)(=O)Nc2cccc(Cl)c2Cl)cc1)c1ccc(Oc2ccccc2)cc1. The van der Waals surface area contributed by atoms with E-state index in [0.717, 1.165) is 10.6 Å². The molecule has 0 aromatic heterocycles. The fraction of sp³-hybridized carbons (Fsp3) is 0.0741. The first-order chi connectivity index (χ1) is 18.9. The van der Waals surface area contributed by atoms with Crippen LogP contribution in [0.25, 0.3) is 0 Å². The van der Waals surface area contributed by atoms with E-state index in [4.69, 9.17) is 27.9 Å². The normalized spacial score (nSPS) is 11.5. The van der Waals surface area contributed by atoms with E-state index in [1.807, 2.05) is 18.2 Å². The third-order valence-corrected chi connectivity index (χ3v) is 8.78. The van der Waals surface area contributed by atoms with E-state index in [9.17, 15) is 21.6 Å². The molecule has 40 heavy (non-hydrogen) atoms. The lowest BCUT2D eigenvalue weighted by Gasteiger charge is -2.22. The molecular formula is C27H23Cl2N3O6S2. The number of benzene rings is 4. The Morgan fingerprint density at radius 3 is 2.05 bits per heavy atom. The van der Waals surface area contributed by atoms with E-state index in [0.29, 0.717) is 11.5 Å². The summed E-state index contributed by atoms with van der Waals surface area (Å²) in [5.41, 5.74) is 0.655. The van der Waals surface area contributed by atoms with Crippen molar-refractivity contribution in [1.29, 1.82) is 0 Å². The van der Waals surface area contributed by atoms with E-state index in [2.05, 4.69) is 10.0 Å². The van der Waals surface area contributed by atoms with Crippen LogP contribution in [-0.4, -0.2) is 35.5 Å². The van der Waals surface area contributed by atoms with E-state index in [-0.39, 0.29) is 32.0 Å². The van der Waals surface area contributed by atoms with Gasteiger partial charge in [0.2, 0.25) is 15.9 Å². The summed E-state index contributed by atoms with van der Waals surface area (Å²) in [4.78, 5) is 12.7. The van der Waals surface area contributed by atoms with Crippen molar-refractivity contribution in [2.45, 2.75) is 4.90 Å². The lowest BCUT2D eigenvalue weighted by Crippen LogP contribution is -2.37. The summed E-state index contributed by atoms with van der Waals surface area (Å²) in [6, 6.07) is 25.2. The Morgan fingerprint density at radius 2 is 1.43 bits per heavy atom. The number of nitrogens with zero attached hydrogens (tertiary/aromatic N) is 1. The summed E-state index contributed by atoms with van der Waals surface area (Å²) in [5.74, 6) is 0.488. The number of nitrogens with one attached hydrogen (secondary N) is 2. The van der Waals surface area contributed by atoms with Gasteiger partial charge in [0.05, 0.1) is 32.6 Å². The molecule has 0 saturated heterocycles. The average Bonchev–Trinajstić information content (AvgIpc) is 2.91. The maximum absolute atomic E-state index is 12.8. The highest BCUT2D eigenvalue weighted by molar-refractivity contribution is 7.92. The van der Waals surface area contributed by atoms with Crippen LogP contribution >= 0.6 is 23.2 Å². The predicted octanol–water partition coefficient (Wildman–Crippen LogP) is 5.99. The first-order valence-corrected chi connectivity index (χ1v) is 15.7. The summed E-state index contributed by atoms with van der Waals surface area (Å²) >= 11 is 12.0. The number of amides is 1. The van der Waals surface area contributed by atoms with Crippen LogP contribution in [0.15, 0.2) is 102 Å². The van der Waals surface area contributed by atoms with Gasteiger partial charge >= 0.3 is 0 Å². The molecule has 0 spiro atoms. The molecule has 2 N–H and O–H groups in total. The van der Waals surface area contributed by atoms with Crippen molar-refractivity contribution < 1.29 is 26.4 Å². The maximum Gasteiger partial charge on any atom is 0.261 e. The molecule has 0 heterocycles. The lowest BCUT2D eigenvalue weighted by molar-refractivity contribution is -0.114. The number of carbonyl (C=O) groups excluding carboxylic acids is 1. The Bertz CT molecular complexity index is 1720. The minimum Gasteiger partial charge on any atom is -0.457 e. The molecule has 0 bridgehead atoms. The molecule has 4 rings (SSSR count). The second kappa shape index (κ2) is 12.2. The van der Waals surface area contributed by atoms with Crippen LogP contribution in [0.5, 0.6) is 11.5 Å². The van der Waals surface area contributed by atoms with Gasteiger partial charge < -0.3 is 10.1 Å². The predicted molar refractivity (Wildman–Crippen MR) is 157 cm³/mol. The first kappa shape index (κ1) is 29.2. The third kappa shape index (κ3) is 7.45. The van der Waals surface area contributed by atoms with Gasteiger partial charge in [-0.05, 0) is 72.8 Å². The van der Waals surface area contributed by atoms with Gasteiger partial charge in [-0.2, -0.15) is 0 Å². The smallest absolute Gasteiger partial charge is 0.261 e. The van der Waals surface area contributed by atoms with E-state index in [1.54, 1.807) is 30.3 Å². The number of rotatable bonds is 10. The molecule has 1 amide bonds. The summed E-state index contributed by atoms with van der Waals surface area (Å²) in [6.45, 7) is -0.507. The van der Waals surface area contributed by atoms with Crippen molar-refractivity contribution in [1.82, 2.24) is 0 Å². The molecule has 0 aliphatic heterocycles. The molecule has 0 radical (unpaired) electrons. The highest BCUT2D eigenvalue weighted by atomic mass is 35.5. The summed E-state index contributed by atoms with van der Waals surface area (Å²) in [6.07, 6.45) is 0.994. The van der Waals surface area contributed by atoms with Crippen molar-refractivity contribution in [3.8, 4) is 11.5 Å². The van der Waals surface area contributed by atoms with Crippen LogP contribution in [0.4, 0.5) is 17.1 Å². The molecule has 0 atom stereocenters. The minimum atomic E-state index is -4.00. The van der Waals surface area contributed by atoms with Gasteiger partial charge in [-0.25, -0.2) is 16.8 Å². The molecule has 9 nitrogen and oxygen atoms in total. The van der Waals surface area contributed by atoms with Gasteiger partial charge in [-0.3, -0.25) is 13.8 Å². The average molecular weight is 621 g/mol. The Balaban J connectivity index is 1.43. The Morgan fingerprint density at radius 1 is 0.800 bits per heavy atom. The van der Waals surface area contributed by atoms with Crippen LogP contribution in [0.1, 0.15) is 0 Å². The van der Waals surface area contributed by atoms with Crippen molar-refractivity contribution in [2.24, 2.45) is 0 Å². The second-order valence-corrected chi connectivity index (χ2v) is 12.8. The number of para-hydroxylation sites is 1. The van der Waals surface area contributed by atoms with Gasteiger partial charge in [0.25, 0.3) is 10.0 Å². The maximum atomic E-state index is 12.8. The molecule has 4 aromatic rings. The van der Waals surface area contributed by atoms with Gasteiger partial charge in [-0.1, -0.05) is 47.5 Å². The van der Waals surface area contributed by atoms with Gasteiger partial charge in [-0.15, -0.1) is 0 Å². The van der Waals surface area contributed by atoms with Crippen LogP contribution < -0.4 is 19.1 Å². The molecular weight excluding hydrogens is 597 g/mol. The minimum absolute atomic E-state index is 0.0606. The number of carbonyl (C=O) groups is 1. The second-order valence-electron chi connectivity index (χ2n) is 8.46. The Hall–Kier alpha value is -3.77. The third-order valence-electron chi connectivity index (χ3n) is 5.44. The monoisotopic (exact) mass is 619 g/mol. The van der Waals surface area contributed by atoms with Gasteiger partial charge in [0.15, 0.2) is 0 Å².